The van der Waals surface area contributed by atoms with Crippen molar-refractivity contribution in [2.24, 2.45) is 0 Å². The van der Waals surface area contributed by atoms with Gasteiger partial charge in [-0.1, -0.05) is 0 Å². The number of rotatable bonds is 3. The smallest absolute Gasteiger partial charge is 0.295 e. The zero-order chi connectivity index (χ0) is 14.8. The van der Waals surface area contributed by atoms with Crippen LogP contribution in [0.1, 0.15) is 6.42 Å². The van der Waals surface area contributed by atoms with Gasteiger partial charge in [0, 0.05) is 38.8 Å². The molecule has 114 valence electrons. The number of halogens is 1. The van der Waals surface area contributed by atoms with Crippen molar-refractivity contribution in [3.63, 3.8) is 0 Å². The van der Waals surface area contributed by atoms with Crippen molar-refractivity contribution in [1.29, 1.82) is 0 Å². The lowest BCUT2D eigenvalue weighted by Gasteiger charge is -2.38. The van der Waals surface area contributed by atoms with Crippen molar-refractivity contribution in [2.45, 2.75) is 12.5 Å². The van der Waals surface area contributed by atoms with E-state index in [2.05, 4.69) is 10.2 Å². The molecule has 2 aliphatic heterocycles. The quantitative estimate of drug-likeness (QED) is 0.671. The molecular formula is C14H19FN4O2. The van der Waals surface area contributed by atoms with Gasteiger partial charge in [0.2, 0.25) is 0 Å². The lowest BCUT2D eigenvalue weighted by Crippen LogP contribution is -2.51. The van der Waals surface area contributed by atoms with Gasteiger partial charge in [-0.3, -0.25) is 15.0 Å². The van der Waals surface area contributed by atoms with Gasteiger partial charge in [0.25, 0.3) is 5.69 Å². The highest BCUT2D eigenvalue weighted by molar-refractivity contribution is 5.63. The van der Waals surface area contributed by atoms with Crippen LogP contribution in [0.2, 0.25) is 0 Å². The van der Waals surface area contributed by atoms with Gasteiger partial charge in [0.15, 0.2) is 0 Å². The van der Waals surface area contributed by atoms with Gasteiger partial charge >= 0.3 is 0 Å². The van der Waals surface area contributed by atoms with Gasteiger partial charge in [-0.15, -0.1) is 0 Å². The average molecular weight is 294 g/mol. The molecule has 2 saturated heterocycles. The minimum absolute atomic E-state index is 0.147. The Balaban J connectivity index is 1.70. The molecule has 2 aliphatic rings. The van der Waals surface area contributed by atoms with Crippen LogP contribution in [0, 0.1) is 15.9 Å². The molecule has 0 bridgehead atoms. The first-order valence-electron chi connectivity index (χ1n) is 7.29. The monoisotopic (exact) mass is 294 g/mol. The molecule has 0 spiro atoms. The Kier molecular flexibility index (Phi) is 4.03. The summed E-state index contributed by atoms with van der Waals surface area (Å²) in [4.78, 5) is 15.0. The second-order valence-electron chi connectivity index (χ2n) is 5.56. The van der Waals surface area contributed by atoms with Crippen molar-refractivity contribution >= 4 is 11.4 Å². The fraction of sp³-hybridized carbons (Fsp3) is 0.571. The Morgan fingerprint density at radius 1 is 1.29 bits per heavy atom. The summed E-state index contributed by atoms with van der Waals surface area (Å²) in [6.07, 6.45) is 1.16. The fourth-order valence-corrected chi connectivity index (χ4v) is 3.19. The highest BCUT2D eigenvalue weighted by Crippen LogP contribution is 2.30. The van der Waals surface area contributed by atoms with E-state index in [-0.39, 0.29) is 5.69 Å². The third-order valence-corrected chi connectivity index (χ3v) is 4.34. The highest BCUT2D eigenvalue weighted by atomic mass is 19.1. The van der Waals surface area contributed by atoms with Crippen LogP contribution in [0.5, 0.6) is 0 Å². The zero-order valence-corrected chi connectivity index (χ0v) is 11.8. The van der Waals surface area contributed by atoms with E-state index < -0.39 is 10.7 Å². The predicted octanol–water partition coefficient (Wildman–Crippen LogP) is 1.22. The first-order valence-corrected chi connectivity index (χ1v) is 7.29. The molecule has 21 heavy (non-hydrogen) atoms. The first kappa shape index (κ1) is 14.2. The number of nitrogens with one attached hydrogen (secondary N) is 1. The number of nitro groups is 1. The summed E-state index contributed by atoms with van der Waals surface area (Å²) in [5.41, 5.74) is 0.372. The van der Waals surface area contributed by atoms with Crippen molar-refractivity contribution in [1.82, 2.24) is 10.2 Å². The third-order valence-electron chi connectivity index (χ3n) is 4.34. The number of hydrogen-bond acceptors (Lipinski definition) is 5. The maximum atomic E-state index is 13.2. The maximum absolute atomic E-state index is 13.2. The van der Waals surface area contributed by atoms with Gasteiger partial charge in [0.1, 0.15) is 11.5 Å². The lowest BCUT2D eigenvalue weighted by atomic mass is 10.1. The number of nitrogens with zero attached hydrogens (tertiary/aromatic N) is 3. The van der Waals surface area contributed by atoms with Crippen molar-refractivity contribution in [3.05, 3.63) is 34.1 Å². The van der Waals surface area contributed by atoms with Gasteiger partial charge in [-0.05, 0) is 25.1 Å². The molecule has 6 nitrogen and oxygen atoms in total. The summed E-state index contributed by atoms with van der Waals surface area (Å²) in [5, 5.41) is 14.4. The second kappa shape index (κ2) is 5.95. The molecule has 0 aliphatic carbocycles. The average Bonchev–Trinajstić information content (AvgIpc) is 3.01. The van der Waals surface area contributed by atoms with Crippen LogP contribution in [0.3, 0.4) is 0 Å². The normalized spacial score (nSPS) is 23.5. The summed E-state index contributed by atoms with van der Waals surface area (Å²) in [6.45, 7) is 5.35. The molecule has 7 heteroatoms. The van der Waals surface area contributed by atoms with Crippen LogP contribution in [0.4, 0.5) is 15.8 Å². The number of nitro benzene ring substituents is 1. The maximum Gasteiger partial charge on any atom is 0.295 e. The van der Waals surface area contributed by atoms with E-state index in [1.54, 1.807) is 0 Å². The Morgan fingerprint density at radius 2 is 2.05 bits per heavy atom. The minimum Gasteiger partial charge on any atom is -0.363 e. The van der Waals surface area contributed by atoms with Gasteiger partial charge < -0.3 is 10.2 Å². The number of hydrogen-bond donors (Lipinski definition) is 1. The first-order chi connectivity index (χ1) is 10.1. The SMILES string of the molecule is O=[N+]([O-])c1cc(F)ccc1N1CCN(C2CCNC2)CC1. The summed E-state index contributed by atoms with van der Waals surface area (Å²) in [7, 11) is 0. The topological polar surface area (TPSA) is 61.7 Å². The molecule has 1 unspecified atom stereocenters. The van der Waals surface area contributed by atoms with E-state index in [1.807, 2.05) is 4.90 Å². The molecule has 1 aromatic rings. The van der Waals surface area contributed by atoms with Crippen molar-refractivity contribution in [3.8, 4) is 0 Å². The van der Waals surface area contributed by atoms with Crippen LogP contribution >= 0.6 is 0 Å². The highest BCUT2D eigenvalue weighted by Gasteiger charge is 2.28. The third kappa shape index (κ3) is 2.98. The molecule has 1 N–H and O–H groups in total. The van der Waals surface area contributed by atoms with Crippen LogP contribution in [-0.2, 0) is 0 Å². The standard InChI is InChI=1S/C14H19FN4O2/c15-11-1-2-13(14(9-11)19(20)21)18-7-5-17(6-8-18)12-3-4-16-10-12/h1-2,9,12,16H,3-8,10H2. The molecule has 0 amide bonds. The predicted molar refractivity (Wildman–Crippen MR) is 78.1 cm³/mol. The Morgan fingerprint density at radius 3 is 2.67 bits per heavy atom. The van der Waals surface area contributed by atoms with E-state index in [0.29, 0.717) is 11.7 Å². The Hall–Kier alpha value is -1.73. The molecule has 2 heterocycles. The van der Waals surface area contributed by atoms with Crippen molar-refractivity contribution < 1.29 is 9.31 Å². The molecule has 1 atom stereocenters. The summed E-state index contributed by atoms with van der Waals surface area (Å²) in [5.74, 6) is -0.568. The number of anilines is 1. The summed E-state index contributed by atoms with van der Waals surface area (Å²) < 4.78 is 13.2. The summed E-state index contributed by atoms with van der Waals surface area (Å²) >= 11 is 0. The van der Waals surface area contributed by atoms with E-state index in [0.717, 1.165) is 51.8 Å². The minimum atomic E-state index is -0.568. The molecule has 2 fully saturated rings. The summed E-state index contributed by atoms with van der Waals surface area (Å²) in [6, 6.07) is 4.38. The van der Waals surface area contributed by atoms with Crippen molar-refractivity contribution in [2.75, 3.05) is 44.2 Å². The lowest BCUT2D eigenvalue weighted by molar-refractivity contribution is -0.384. The molecular weight excluding hydrogens is 275 g/mol. The van der Waals surface area contributed by atoms with Crippen LogP contribution in [0.25, 0.3) is 0 Å². The molecule has 0 radical (unpaired) electrons. The Bertz CT molecular complexity index is 526. The molecule has 0 saturated carbocycles. The molecule has 3 rings (SSSR count). The van der Waals surface area contributed by atoms with Gasteiger partial charge in [0.05, 0.1) is 11.0 Å². The van der Waals surface area contributed by atoms with Crippen LogP contribution < -0.4 is 10.2 Å². The van der Waals surface area contributed by atoms with Gasteiger partial charge in [-0.25, -0.2) is 4.39 Å². The van der Waals surface area contributed by atoms with E-state index in [4.69, 9.17) is 0 Å². The molecule has 0 aromatic heterocycles. The van der Waals surface area contributed by atoms with E-state index in [1.165, 1.54) is 12.1 Å². The second-order valence-corrected chi connectivity index (χ2v) is 5.56. The Labute approximate surface area is 122 Å². The zero-order valence-electron chi connectivity index (χ0n) is 11.8. The van der Waals surface area contributed by atoms with Crippen LogP contribution in [-0.4, -0.2) is 55.1 Å². The van der Waals surface area contributed by atoms with Gasteiger partial charge in [-0.2, -0.15) is 0 Å². The van der Waals surface area contributed by atoms with E-state index in [9.17, 15) is 14.5 Å². The largest absolute Gasteiger partial charge is 0.363 e. The number of benzene rings is 1. The van der Waals surface area contributed by atoms with E-state index >= 15 is 0 Å². The molecule has 1 aromatic carbocycles. The number of piperazine rings is 1. The fourth-order valence-electron chi connectivity index (χ4n) is 3.19. The van der Waals surface area contributed by atoms with Crippen LogP contribution in [0.15, 0.2) is 18.2 Å².